The van der Waals surface area contributed by atoms with Crippen molar-refractivity contribution in [3.63, 3.8) is 0 Å². The summed E-state index contributed by atoms with van der Waals surface area (Å²) < 4.78 is 72.2. The summed E-state index contributed by atoms with van der Waals surface area (Å²) in [6, 6.07) is 7.40. The van der Waals surface area contributed by atoms with Gasteiger partial charge in [0.15, 0.2) is 5.75 Å². The maximum atomic E-state index is 13.3. The lowest BCUT2D eigenvalue weighted by Gasteiger charge is -2.34. The number of aromatic nitrogens is 2. The molecule has 0 spiro atoms. The third-order valence-corrected chi connectivity index (χ3v) is 7.52. The van der Waals surface area contributed by atoms with Gasteiger partial charge in [0.1, 0.15) is 4.90 Å². The Kier molecular flexibility index (Phi) is 8.49. The van der Waals surface area contributed by atoms with Crippen LogP contribution in [-0.2, 0) is 16.6 Å². The van der Waals surface area contributed by atoms with E-state index in [0.29, 0.717) is 38.3 Å². The molecule has 0 bridgehead atoms. The van der Waals surface area contributed by atoms with Gasteiger partial charge in [-0.2, -0.15) is 0 Å². The molecule has 3 aromatic rings. The van der Waals surface area contributed by atoms with Crippen molar-refractivity contribution in [2.24, 2.45) is 0 Å². The number of aromatic amines is 1. The number of H-pyrrole nitrogens is 1. The highest BCUT2D eigenvalue weighted by atomic mass is 32.2. The van der Waals surface area contributed by atoms with Crippen LogP contribution in [0.15, 0.2) is 72.5 Å². The fourth-order valence-corrected chi connectivity index (χ4v) is 5.39. The minimum absolute atomic E-state index is 0.0842. The standard InChI is InChI=1S/C26H27F3N6O4S/c1-2-3-5-18-6-4-7-23(24(18)30)40(37,38)33-21-9-8-19(14-22(21)39-26(27,28)29)25(36)35-12-10-34(11-13-35)16-20-15-31-17-32-20/h2-9,14-15,17,33H,1,10-13,16,30H2,(H,31,32)/b5-3-. The zero-order valence-corrected chi connectivity index (χ0v) is 22.0. The number of nitrogens with zero attached hydrogens (tertiary/aromatic N) is 3. The van der Waals surface area contributed by atoms with Crippen molar-refractivity contribution >= 4 is 33.4 Å². The highest BCUT2D eigenvalue weighted by molar-refractivity contribution is 7.92. The van der Waals surface area contributed by atoms with Crippen LogP contribution in [0.2, 0.25) is 0 Å². The Bertz CT molecular complexity index is 1500. The summed E-state index contributed by atoms with van der Waals surface area (Å²) in [6.07, 6.45) is 2.78. The molecule has 0 saturated carbocycles. The second-order valence-electron chi connectivity index (χ2n) is 8.85. The van der Waals surface area contributed by atoms with Gasteiger partial charge in [-0.15, -0.1) is 13.2 Å². The molecule has 1 amide bonds. The van der Waals surface area contributed by atoms with E-state index in [9.17, 15) is 26.4 Å². The number of nitrogen functional groups attached to an aromatic ring is 1. The third kappa shape index (κ3) is 7.01. The van der Waals surface area contributed by atoms with Gasteiger partial charge in [-0.05, 0) is 29.8 Å². The molecule has 0 aliphatic carbocycles. The Morgan fingerprint density at radius 2 is 1.95 bits per heavy atom. The number of allylic oxidation sites excluding steroid dienone is 2. The van der Waals surface area contributed by atoms with Gasteiger partial charge in [0.05, 0.1) is 23.4 Å². The second-order valence-corrected chi connectivity index (χ2v) is 10.5. The average molecular weight is 577 g/mol. The zero-order valence-electron chi connectivity index (χ0n) is 21.2. The number of alkyl halides is 3. The Morgan fingerprint density at radius 1 is 1.20 bits per heavy atom. The number of amides is 1. The quantitative estimate of drug-likeness (QED) is 0.260. The number of rotatable bonds is 9. The first-order valence-corrected chi connectivity index (χ1v) is 13.5. The number of piperazine rings is 1. The smallest absolute Gasteiger partial charge is 0.404 e. The van der Waals surface area contributed by atoms with Gasteiger partial charge < -0.3 is 20.4 Å². The number of imidazole rings is 1. The molecule has 1 aliphatic rings. The van der Waals surface area contributed by atoms with Crippen LogP contribution in [-0.4, -0.2) is 66.6 Å². The number of nitrogens with one attached hydrogen (secondary N) is 2. The summed E-state index contributed by atoms with van der Waals surface area (Å²) in [5.41, 5.74) is 6.55. The molecule has 0 radical (unpaired) electrons. The number of nitrogens with two attached hydrogens (primary N) is 1. The van der Waals surface area contributed by atoms with E-state index in [0.717, 1.165) is 17.8 Å². The number of carbonyl (C=O) groups excluding carboxylic acids is 1. The van der Waals surface area contributed by atoms with Gasteiger partial charge >= 0.3 is 6.36 Å². The van der Waals surface area contributed by atoms with Crippen molar-refractivity contribution < 1.29 is 31.1 Å². The highest BCUT2D eigenvalue weighted by Gasteiger charge is 2.34. The van der Waals surface area contributed by atoms with Crippen LogP contribution in [0.25, 0.3) is 6.08 Å². The molecule has 10 nitrogen and oxygen atoms in total. The largest absolute Gasteiger partial charge is 0.573 e. The monoisotopic (exact) mass is 576 g/mol. The number of para-hydroxylation sites is 1. The van der Waals surface area contributed by atoms with Gasteiger partial charge in [-0.3, -0.25) is 14.4 Å². The lowest BCUT2D eigenvalue weighted by Crippen LogP contribution is -2.48. The summed E-state index contributed by atoms with van der Waals surface area (Å²) >= 11 is 0. The lowest BCUT2D eigenvalue weighted by atomic mass is 10.1. The molecule has 1 fully saturated rings. The number of anilines is 2. The van der Waals surface area contributed by atoms with E-state index in [1.807, 2.05) is 0 Å². The fourth-order valence-electron chi connectivity index (χ4n) is 4.16. The number of sulfonamides is 1. The Morgan fingerprint density at radius 3 is 2.60 bits per heavy atom. The van der Waals surface area contributed by atoms with Crippen LogP contribution in [0.3, 0.4) is 0 Å². The normalized spacial score (nSPS) is 14.8. The minimum Gasteiger partial charge on any atom is -0.404 e. The van der Waals surface area contributed by atoms with Crippen molar-refractivity contribution in [2.45, 2.75) is 17.8 Å². The van der Waals surface area contributed by atoms with Crippen molar-refractivity contribution in [2.75, 3.05) is 36.6 Å². The van der Waals surface area contributed by atoms with E-state index in [1.54, 1.807) is 24.7 Å². The van der Waals surface area contributed by atoms with Crippen LogP contribution in [0.4, 0.5) is 24.5 Å². The third-order valence-electron chi connectivity index (χ3n) is 6.10. The fraction of sp³-hybridized carbons (Fsp3) is 0.231. The first kappa shape index (κ1) is 28.7. The number of hydrogen-bond donors (Lipinski definition) is 3. The summed E-state index contributed by atoms with van der Waals surface area (Å²) in [5, 5.41) is 0. The van der Waals surface area contributed by atoms with Crippen LogP contribution >= 0.6 is 0 Å². The van der Waals surface area contributed by atoms with Gasteiger partial charge in [0, 0.05) is 44.5 Å². The molecule has 0 unspecified atom stereocenters. The molecule has 1 saturated heterocycles. The lowest BCUT2D eigenvalue weighted by molar-refractivity contribution is -0.274. The van der Waals surface area contributed by atoms with Crippen LogP contribution < -0.4 is 15.2 Å². The predicted molar refractivity (Wildman–Crippen MR) is 144 cm³/mol. The Hall–Kier alpha value is -4.30. The van der Waals surface area contributed by atoms with Gasteiger partial charge in [0.25, 0.3) is 15.9 Å². The molecule has 2 aromatic carbocycles. The van der Waals surface area contributed by atoms with Gasteiger partial charge in [-0.25, -0.2) is 13.4 Å². The molecule has 14 heteroatoms. The number of carbonyl (C=O) groups is 1. The van der Waals surface area contributed by atoms with E-state index >= 15 is 0 Å². The van der Waals surface area contributed by atoms with E-state index in [1.165, 1.54) is 35.3 Å². The van der Waals surface area contributed by atoms with Crippen molar-refractivity contribution in [3.8, 4) is 5.75 Å². The van der Waals surface area contributed by atoms with Crippen molar-refractivity contribution in [1.82, 2.24) is 19.8 Å². The molecular weight excluding hydrogens is 549 g/mol. The minimum atomic E-state index is -5.14. The van der Waals surface area contributed by atoms with E-state index < -0.39 is 33.7 Å². The van der Waals surface area contributed by atoms with Crippen molar-refractivity contribution in [3.05, 3.63) is 84.5 Å². The molecule has 4 N–H and O–H groups in total. The first-order valence-electron chi connectivity index (χ1n) is 12.1. The average Bonchev–Trinajstić information content (AvgIpc) is 3.41. The summed E-state index contributed by atoms with van der Waals surface area (Å²) in [6.45, 7) is 5.93. The molecule has 2 heterocycles. The summed E-state index contributed by atoms with van der Waals surface area (Å²) in [4.78, 5) is 23.4. The first-order chi connectivity index (χ1) is 19.0. The maximum Gasteiger partial charge on any atom is 0.573 e. The van der Waals surface area contributed by atoms with E-state index in [-0.39, 0.29) is 16.1 Å². The second kappa shape index (κ2) is 11.8. The molecular formula is C26H27F3N6O4S. The van der Waals surface area contributed by atoms with Crippen LogP contribution in [0.5, 0.6) is 5.75 Å². The number of benzene rings is 2. The summed E-state index contributed by atoms with van der Waals surface area (Å²) in [7, 11) is -4.44. The molecule has 1 aliphatic heterocycles. The number of hydrogen-bond acceptors (Lipinski definition) is 7. The Balaban J connectivity index is 1.55. The number of halogens is 3. The van der Waals surface area contributed by atoms with Crippen LogP contribution in [0.1, 0.15) is 21.6 Å². The number of ether oxygens (including phenoxy) is 1. The van der Waals surface area contributed by atoms with Crippen molar-refractivity contribution in [1.29, 1.82) is 0 Å². The van der Waals surface area contributed by atoms with Gasteiger partial charge in [-0.1, -0.05) is 36.9 Å². The van der Waals surface area contributed by atoms with E-state index in [2.05, 4.69) is 30.9 Å². The molecule has 1 aromatic heterocycles. The maximum absolute atomic E-state index is 13.3. The SMILES string of the molecule is C=C/C=C\c1cccc(S(=O)(=O)Nc2ccc(C(=O)N3CCN(Cc4c[nH]cn4)CC3)cc2OC(F)(F)F)c1N. The molecule has 212 valence electrons. The summed E-state index contributed by atoms with van der Waals surface area (Å²) in [5.74, 6) is -1.38. The topological polar surface area (TPSA) is 134 Å². The molecule has 0 atom stereocenters. The highest BCUT2D eigenvalue weighted by Crippen LogP contribution is 2.34. The van der Waals surface area contributed by atoms with E-state index in [4.69, 9.17) is 5.73 Å². The predicted octanol–water partition coefficient (Wildman–Crippen LogP) is 3.85. The zero-order chi connectivity index (χ0) is 28.9. The Labute approximate surface area is 229 Å². The van der Waals surface area contributed by atoms with Crippen LogP contribution in [0, 0.1) is 0 Å². The van der Waals surface area contributed by atoms with Gasteiger partial charge in [0.2, 0.25) is 0 Å². The molecule has 4 rings (SSSR count). The molecule has 40 heavy (non-hydrogen) atoms.